The lowest BCUT2D eigenvalue weighted by atomic mass is 10.0. The van der Waals surface area contributed by atoms with E-state index in [0.717, 1.165) is 17.1 Å². The Morgan fingerprint density at radius 3 is 2.69 bits per heavy atom. The zero-order valence-electron chi connectivity index (χ0n) is 9.70. The average Bonchev–Trinajstić information content (AvgIpc) is 2.27. The Hall–Kier alpha value is -1.71. The first-order valence-corrected chi connectivity index (χ1v) is 5.37. The molecule has 1 heterocycles. The van der Waals surface area contributed by atoms with E-state index < -0.39 is 0 Å². The van der Waals surface area contributed by atoms with Gasteiger partial charge in [0.05, 0.1) is 18.5 Å². The van der Waals surface area contributed by atoms with Crippen molar-refractivity contribution in [3.05, 3.63) is 18.2 Å². The number of carbonyl (C=O) groups is 1. The molecule has 0 saturated carbocycles. The first kappa shape index (κ1) is 10.8. The van der Waals surface area contributed by atoms with Crippen molar-refractivity contribution >= 4 is 17.3 Å². The maximum absolute atomic E-state index is 11.8. The van der Waals surface area contributed by atoms with E-state index in [2.05, 4.69) is 10.6 Å². The summed E-state index contributed by atoms with van der Waals surface area (Å²) in [5.41, 5.74) is 1.72. The second-order valence-electron chi connectivity index (χ2n) is 4.27. The fraction of sp³-hybridized carbons (Fsp3) is 0.417. The second kappa shape index (κ2) is 4.04. The third-order valence-corrected chi connectivity index (χ3v) is 2.74. The number of hydrogen-bond acceptors (Lipinski definition) is 3. The molecule has 86 valence electrons. The monoisotopic (exact) mass is 220 g/mol. The molecular weight excluding hydrogens is 204 g/mol. The van der Waals surface area contributed by atoms with Gasteiger partial charge in [-0.3, -0.25) is 4.79 Å². The van der Waals surface area contributed by atoms with Crippen molar-refractivity contribution in [3.8, 4) is 5.75 Å². The third-order valence-electron chi connectivity index (χ3n) is 2.74. The SMILES string of the molecule is COc1ccc2c(c1)NC(=O)C(C(C)C)N2. The summed E-state index contributed by atoms with van der Waals surface area (Å²) in [5, 5.41) is 6.11. The molecule has 2 N–H and O–H groups in total. The number of anilines is 2. The van der Waals surface area contributed by atoms with Gasteiger partial charge in [-0.15, -0.1) is 0 Å². The third kappa shape index (κ3) is 1.83. The van der Waals surface area contributed by atoms with E-state index in [1.54, 1.807) is 7.11 Å². The molecule has 0 aliphatic carbocycles. The summed E-state index contributed by atoms with van der Waals surface area (Å²) in [7, 11) is 1.61. The maximum Gasteiger partial charge on any atom is 0.247 e. The topological polar surface area (TPSA) is 50.4 Å². The molecule has 1 atom stereocenters. The summed E-state index contributed by atoms with van der Waals surface area (Å²) in [6.45, 7) is 4.04. The highest BCUT2D eigenvalue weighted by atomic mass is 16.5. The first-order valence-electron chi connectivity index (χ1n) is 5.37. The van der Waals surface area contributed by atoms with Gasteiger partial charge in [0.15, 0.2) is 0 Å². The van der Waals surface area contributed by atoms with E-state index >= 15 is 0 Å². The predicted molar refractivity (Wildman–Crippen MR) is 63.9 cm³/mol. The molecule has 16 heavy (non-hydrogen) atoms. The van der Waals surface area contributed by atoms with Gasteiger partial charge in [-0.1, -0.05) is 13.8 Å². The Bertz CT molecular complexity index is 415. The fourth-order valence-electron chi connectivity index (χ4n) is 1.79. The Kier molecular flexibility index (Phi) is 2.73. The lowest BCUT2D eigenvalue weighted by molar-refractivity contribution is -0.117. The lowest BCUT2D eigenvalue weighted by Crippen LogP contribution is -2.42. The van der Waals surface area contributed by atoms with Gasteiger partial charge in [0, 0.05) is 6.07 Å². The standard InChI is InChI=1S/C12H16N2O2/c1-7(2)11-12(15)14-10-6-8(16-3)4-5-9(10)13-11/h4-7,11,13H,1-3H3,(H,14,15). The van der Waals surface area contributed by atoms with Crippen molar-refractivity contribution < 1.29 is 9.53 Å². The molecular formula is C12H16N2O2. The fourth-order valence-corrected chi connectivity index (χ4v) is 1.79. The normalized spacial score (nSPS) is 18.8. The summed E-state index contributed by atoms with van der Waals surface area (Å²) in [4.78, 5) is 11.8. The zero-order chi connectivity index (χ0) is 11.7. The number of ether oxygens (including phenoxy) is 1. The Morgan fingerprint density at radius 1 is 1.31 bits per heavy atom. The Balaban J connectivity index is 2.31. The van der Waals surface area contributed by atoms with Crippen LogP contribution in [0.5, 0.6) is 5.75 Å². The van der Waals surface area contributed by atoms with E-state index in [9.17, 15) is 4.79 Å². The van der Waals surface area contributed by atoms with Crippen molar-refractivity contribution in [1.82, 2.24) is 0 Å². The number of benzene rings is 1. The molecule has 1 aromatic carbocycles. The molecule has 0 bridgehead atoms. The molecule has 1 amide bonds. The molecule has 4 heteroatoms. The number of rotatable bonds is 2. The van der Waals surface area contributed by atoms with E-state index in [-0.39, 0.29) is 17.9 Å². The molecule has 0 aromatic heterocycles. The van der Waals surface area contributed by atoms with Gasteiger partial charge in [-0.2, -0.15) is 0 Å². The number of fused-ring (bicyclic) bond motifs is 1. The summed E-state index contributed by atoms with van der Waals surface area (Å²) in [6, 6.07) is 5.45. The smallest absolute Gasteiger partial charge is 0.247 e. The molecule has 2 rings (SSSR count). The van der Waals surface area contributed by atoms with Gasteiger partial charge in [-0.05, 0) is 18.1 Å². The predicted octanol–water partition coefficient (Wildman–Crippen LogP) is 2.08. The number of amides is 1. The molecule has 0 fully saturated rings. The van der Waals surface area contributed by atoms with Crippen LogP contribution in [-0.4, -0.2) is 19.1 Å². The average molecular weight is 220 g/mol. The van der Waals surface area contributed by atoms with E-state index in [1.807, 2.05) is 32.0 Å². The van der Waals surface area contributed by atoms with Crippen LogP contribution in [-0.2, 0) is 4.79 Å². The van der Waals surface area contributed by atoms with Crippen LogP contribution in [0.4, 0.5) is 11.4 Å². The van der Waals surface area contributed by atoms with E-state index in [1.165, 1.54) is 0 Å². The number of hydrogen-bond donors (Lipinski definition) is 2. The van der Waals surface area contributed by atoms with Crippen molar-refractivity contribution in [2.24, 2.45) is 5.92 Å². The lowest BCUT2D eigenvalue weighted by Gasteiger charge is -2.29. The zero-order valence-corrected chi connectivity index (χ0v) is 9.70. The minimum absolute atomic E-state index is 0.00996. The van der Waals surface area contributed by atoms with Crippen LogP contribution in [0.2, 0.25) is 0 Å². The van der Waals surface area contributed by atoms with Gasteiger partial charge in [0.25, 0.3) is 0 Å². The van der Waals surface area contributed by atoms with Crippen LogP contribution in [0.25, 0.3) is 0 Å². The highest BCUT2D eigenvalue weighted by Gasteiger charge is 2.27. The molecule has 1 aromatic rings. The van der Waals surface area contributed by atoms with Crippen molar-refractivity contribution in [2.45, 2.75) is 19.9 Å². The number of methoxy groups -OCH3 is 1. The first-order chi connectivity index (χ1) is 7.61. The van der Waals surface area contributed by atoms with Crippen LogP contribution in [0, 0.1) is 5.92 Å². The minimum Gasteiger partial charge on any atom is -0.497 e. The Labute approximate surface area is 95.0 Å². The van der Waals surface area contributed by atoms with Crippen molar-refractivity contribution in [2.75, 3.05) is 17.7 Å². The van der Waals surface area contributed by atoms with E-state index in [4.69, 9.17) is 4.74 Å². The van der Waals surface area contributed by atoms with Gasteiger partial charge in [0.1, 0.15) is 11.8 Å². The highest BCUT2D eigenvalue weighted by Crippen LogP contribution is 2.31. The summed E-state index contributed by atoms with van der Waals surface area (Å²) < 4.78 is 5.11. The Morgan fingerprint density at radius 2 is 2.06 bits per heavy atom. The van der Waals surface area contributed by atoms with Gasteiger partial charge >= 0.3 is 0 Å². The molecule has 0 spiro atoms. The molecule has 0 saturated heterocycles. The maximum atomic E-state index is 11.8. The summed E-state index contributed by atoms with van der Waals surface area (Å²) in [5.74, 6) is 1.01. The van der Waals surface area contributed by atoms with Crippen LogP contribution in [0.1, 0.15) is 13.8 Å². The highest BCUT2D eigenvalue weighted by molar-refractivity contribution is 6.03. The molecule has 4 nitrogen and oxygen atoms in total. The van der Waals surface area contributed by atoms with Crippen LogP contribution in [0.15, 0.2) is 18.2 Å². The number of carbonyl (C=O) groups excluding carboxylic acids is 1. The number of nitrogens with one attached hydrogen (secondary N) is 2. The van der Waals surface area contributed by atoms with Gasteiger partial charge in [-0.25, -0.2) is 0 Å². The summed E-state index contributed by atoms with van der Waals surface area (Å²) in [6.07, 6.45) is 0. The minimum atomic E-state index is -0.166. The van der Waals surface area contributed by atoms with Crippen molar-refractivity contribution in [1.29, 1.82) is 0 Å². The van der Waals surface area contributed by atoms with Crippen LogP contribution >= 0.6 is 0 Å². The van der Waals surface area contributed by atoms with Crippen LogP contribution in [0.3, 0.4) is 0 Å². The van der Waals surface area contributed by atoms with Gasteiger partial charge < -0.3 is 15.4 Å². The molecule has 1 aliphatic rings. The van der Waals surface area contributed by atoms with E-state index in [0.29, 0.717) is 0 Å². The summed E-state index contributed by atoms with van der Waals surface area (Å²) >= 11 is 0. The van der Waals surface area contributed by atoms with Crippen LogP contribution < -0.4 is 15.4 Å². The van der Waals surface area contributed by atoms with Crippen molar-refractivity contribution in [3.63, 3.8) is 0 Å². The second-order valence-corrected chi connectivity index (χ2v) is 4.27. The molecule has 0 radical (unpaired) electrons. The van der Waals surface area contributed by atoms with Gasteiger partial charge in [0.2, 0.25) is 5.91 Å². The quantitative estimate of drug-likeness (QED) is 0.802. The molecule has 1 aliphatic heterocycles. The largest absolute Gasteiger partial charge is 0.497 e. The molecule has 1 unspecified atom stereocenters.